The number of nitrogens with zero attached hydrogens (tertiary/aromatic N) is 1. The van der Waals surface area contributed by atoms with Gasteiger partial charge < -0.3 is 10.1 Å². The summed E-state index contributed by atoms with van der Waals surface area (Å²) in [5, 5.41) is 2.79. The summed E-state index contributed by atoms with van der Waals surface area (Å²) in [7, 11) is 0. The van der Waals surface area contributed by atoms with E-state index in [1.165, 1.54) is 11.8 Å². The van der Waals surface area contributed by atoms with Crippen LogP contribution in [0.2, 0.25) is 0 Å². The molecule has 1 heterocycles. The van der Waals surface area contributed by atoms with Crippen LogP contribution in [0.5, 0.6) is 5.75 Å². The molecule has 0 radical (unpaired) electrons. The van der Waals surface area contributed by atoms with Crippen LogP contribution < -0.4 is 10.1 Å². The quantitative estimate of drug-likeness (QED) is 0.278. The first kappa shape index (κ1) is 24.2. The molecule has 4 rings (SSSR count). The molecule has 172 valence electrons. The molecule has 0 aromatic heterocycles. The first-order valence-electron chi connectivity index (χ1n) is 10.6. The maximum Gasteiger partial charge on any atom is 0.266 e. The molecular formula is C26H21BrN2O3S2. The summed E-state index contributed by atoms with van der Waals surface area (Å²) in [5.41, 5.74) is 2.66. The largest absolute Gasteiger partial charge is 0.484 e. The van der Waals surface area contributed by atoms with Gasteiger partial charge in [0.1, 0.15) is 10.1 Å². The Morgan fingerprint density at radius 2 is 1.82 bits per heavy atom. The normalized spacial score (nSPS) is 14.5. The van der Waals surface area contributed by atoms with Gasteiger partial charge in [0.25, 0.3) is 11.8 Å². The van der Waals surface area contributed by atoms with Crippen molar-refractivity contribution >= 4 is 67.8 Å². The van der Waals surface area contributed by atoms with Crippen molar-refractivity contribution < 1.29 is 14.3 Å². The van der Waals surface area contributed by atoms with Crippen molar-refractivity contribution in [2.45, 2.75) is 6.42 Å². The van der Waals surface area contributed by atoms with Crippen molar-refractivity contribution in [3.05, 3.63) is 99.4 Å². The Morgan fingerprint density at radius 1 is 1.06 bits per heavy atom. The maximum absolute atomic E-state index is 12.9. The van der Waals surface area contributed by atoms with Gasteiger partial charge >= 0.3 is 0 Å². The van der Waals surface area contributed by atoms with Gasteiger partial charge in [-0.3, -0.25) is 14.5 Å². The average molecular weight is 554 g/mol. The number of carbonyl (C=O) groups is 2. The fourth-order valence-electron chi connectivity index (χ4n) is 3.30. The van der Waals surface area contributed by atoms with E-state index in [1.807, 2.05) is 54.6 Å². The van der Waals surface area contributed by atoms with Crippen molar-refractivity contribution in [3.8, 4) is 5.75 Å². The zero-order chi connectivity index (χ0) is 23.9. The number of halogens is 1. The number of benzene rings is 3. The van der Waals surface area contributed by atoms with E-state index in [-0.39, 0.29) is 18.4 Å². The molecule has 0 atom stereocenters. The number of anilines is 1. The Kier molecular flexibility index (Phi) is 8.16. The lowest BCUT2D eigenvalue weighted by molar-refractivity contribution is -0.122. The fraction of sp³-hybridized carbons (Fsp3) is 0.115. The van der Waals surface area contributed by atoms with Gasteiger partial charge in [-0.1, -0.05) is 82.4 Å². The van der Waals surface area contributed by atoms with E-state index in [2.05, 4.69) is 21.2 Å². The Morgan fingerprint density at radius 3 is 2.59 bits per heavy atom. The molecule has 1 aliphatic heterocycles. The van der Waals surface area contributed by atoms with E-state index in [0.717, 1.165) is 22.0 Å². The van der Waals surface area contributed by atoms with E-state index in [9.17, 15) is 9.59 Å². The molecule has 34 heavy (non-hydrogen) atoms. The number of carbonyl (C=O) groups excluding carboxylic acids is 2. The molecule has 1 fully saturated rings. The average Bonchev–Trinajstić information content (AvgIpc) is 3.11. The second-order valence-electron chi connectivity index (χ2n) is 7.49. The number of hydrogen-bond acceptors (Lipinski definition) is 5. The van der Waals surface area contributed by atoms with E-state index < -0.39 is 0 Å². The summed E-state index contributed by atoms with van der Waals surface area (Å²) < 4.78 is 7.14. The van der Waals surface area contributed by atoms with Crippen LogP contribution >= 0.6 is 39.9 Å². The van der Waals surface area contributed by atoms with Crippen molar-refractivity contribution in [1.29, 1.82) is 0 Å². The summed E-state index contributed by atoms with van der Waals surface area (Å²) in [6.07, 6.45) is 2.54. The predicted molar refractivity (Wildman–Crippen MR) is 145 cm³/mol. The number of nitrogens with one attached hydrogen (secondary N) is 1. The predicted octanol–water partition coefficient (Wildman–Crippen LogP) is 5.91. The Hall–Kier alpha value is -2.94. The molecule has 3 aromatic carbocycles. The third-order valence-corrected chi connectivity index (χ3v) is 6.90. The molecule has 0 bridgehead atoms. The van der Waals surface area contributed by atoms with Gasteiger partial charge in [-0.2, -0.15) is 0 Å². The second kappa shape index (κ2) is 11.5. The van der Waals surface area contributed by atoms with Crippen LogP contribution in [-0.2, 0) is 16.0 Å². The van der Waals surface area contributed by atoms with Crippen LogP contribution in [0.4, 0.5) is 5.69 Å². The molecule has 0 saturated carbocycles. The Bertz CT molecular complexity index is 1230. The van der Waals surface area contributed by atoms with Crippen LogP contribution in [0.3, 0.4) is 0 Å². The SMILES string of the molecule is O=C(COc1cccc(/C=C2\SC(=S)N(CCc3ccccc3)C2=O)c1)Nc1ccc(Br)cc1. The van der Waals surface area contributed by atoms with Gasteiger partial charge in [-0.05, 0) is 60.0 Å². The van der Waals surface area contributed by atoms with Gasteiger partial charge in [0.15, 0.2) is 6.61 Å². The molecule has 8 heteroatoms. The Balaban J connectivity index is 1.35. The summed E-state index contributed by atoms with van der Waals surface area (Å²) in [5.74, 6) is 0.192. The molecule has 0 aliphatic carbocycles. The molecule has 1 saturated heterocycles. The molecular weight excluding hydrogens is 532 g/mol. The molecule has 2 amide bonds. The van der Waals surface area contributed by atoms with Crippen molar-refractivity contribution in [2.24, 2.45) is 0 Å². The van der Waals surface area contributed by atoms with Crippen molar-refractivity contribution in [1.82, 2.24) is 4.90 Å². The maximum atomic E-state index is 12.9. The zero-order valence-corrected chi connectivity index (χ0v) is 21.3. The lowest BCUT2D eigenvalue weighted by Gasteiger charge is -2.14. The summed E-state index contributed by atoms with van der Waals surface area (Å²) in [4.78, 5) is 27.3. The standard InChI is InChI=1S/C26H21BrN2O3S2/c27-20-9-11-21(12-10-20)28-24(30)17-32-22-8-4-7-19(15-22)16-23-25(31)29(26(33)34-23)14-13-18-5-2-1-3-6-18/h1-12,15-16H,13-14,17H2,(H,28,30)/b23-16-. The summed E-state index contributed by atoms with van der Waals surface area (Å²) in [6, 6.07) is 24.6. The topological polar surface area (TPSA) is 58.6 Å². The smallest absolute Gasteiger partial charge is 0.266 e. The minimum absolute atomic E-state index is 0.0915. The monoisotopic (exact) mass is 552 g/mol. The van der Waals surface area contributed by atoms with Gasteiger partial charge in [0.2, 0.25) is 0 Å². The molecule has 0 spiro atoms. The number of ether oxygens (including phenoxy) is 1. The number of thiocarbonyl (C=S) groups is 1. The lowest BCUT2D eigenvalue weighted by Crippen LogP contribution is -2.30. The van der Waals surface area contributed by atoms with E-state index in [4.69, 9.17) is 17.0 Å². The molecule has 1 aliphatic rings. The number of rotatable bonds is 8. The number of hydrogen-bond donors (Lipinski definition) is 1. The minimum Gasteiger partial charge on any atom is -0.484 e. The summed E-state index contributed by atoms with van der Waals surface area (Å²) >= 11 is 10.1. The fourth-order valence-corrected chi connectivity index (χ4v) is 4.88. The van der Waals surface area contributed by atoms with Crippen LogP contribution in [0.15, 0.2) is 88.2 Å². The second-order valence-corrected chi connectivity index (χ2v) is 10.1. The van der Waals surface area contributed by atoms with Gasteiger partial charge in [0.05, 0.1) is 4.91 Å². The lowest BCUT2D eigenvalue weighted by atomic mass is 10.1. The molecule has 1 N–H and O–H groups in total. The highest BCUT2D eigenvalue weighted by Crippen LogP contribution is 2.33. The van der Waals surface area contributed by atoms with Crippen molar-refractivity contribution in [2.75, 3.05) is 18.5 Å². The van der Waals surface area contributed by atoms with Gasteiger partial charge in [0, 0.05) is 16.7 Å². The Labute approximate surface area is 216 Å². The number of amides is 2. The van der Waals surface area contributed by atoms with Gasteiger partial charge in [-0.15, -0.1) is 0 Å². The minimum atomic E-state index is -0.257. The van der Waals surface area contributed by atoms with Gasteiger partial charge in [-0.25, -0.2) is 0 Å². The van der Waals surface area contributed by atoms with Crippen LogP contribution in [-0.4, -0.2) is 34.2 Å². The van der Waals surface area contributed by atoms with Crippen molar-refractivity contribution in [3.63, 3.8) is 0 Å². The van der Waals surface area contributed by atoms with E-state index in [1.54, 1.807) is 35.2 Å². The van der Waals surface area contributed by atoms with Crippen LogP contribution in [0.1, 0.15) is 11.1 Å². The first-order valence-corrected chi connectivity index (χ1v) is 12.6. The zero-order valence-electron chi connectivity index (χ0n) is 18.1. The van der Waals surface area contributed by atoms with Crippen LogP contribution in [0.25, 0.3) is 6.08 Å². The highest BCUT2D eigenvalue weighted by Gasteiger charge is 2.31. The van der Waals surface area contributed by atoms with Crippen LogP contribution in [0, 0.1) is 0 Å². The first-order chi connectivity index (χ1) is 16.5. The third-order valence-electron chi connectivity index (χ3n) is 4.99. The highest BCUT2D eigenvalue weighted by molar-refractivity contribution is 9.10. The molecule has 5 nitrogen and oxygen atoms in total. The van der Waals surface area contributed by atoms with E-state index in [0.29, 0.717) is 27.2 Å². The number of thioether (sulfide) groups is 1. The third kappa shape index (κ3) is 6.56. The van der Waals surface area contributed by atoms with E-state index >= 15 is 0 Å². The summed E-state index contributed by atoms with van der Waals surface area (Å²) in [6.45, 7) is 0.420. The highest BCUT2D eigenvalue weighted by atomic mass is 79.9. The molecule has 0 unspecified atom stereocenters. The molecule has 3 aromatic rings.